The molecule has 0 atom stereocenters. The van der Waals surface area contributed by atoms with Gasteiger partial charge in [0.05, 0.1) is 11.6 Å². The Morgan fingerprint density at radius 1 is 1.00 bits per heavy atom. The maximum atomic E-state index is 13.2. The van der Waals surface area contributed by atoms with Crippen LogP contribution >= 0.6 is 0 Å². The van der Waals surface area contributed by atoms with Gasteiger partial charge in [-0.3, -0.25) is 0 Å². The molecule has 2 aromatic rings. The highest BCUT2D eigenvalue weighted by atomic mass is 19.2. The molecule has 84 valence electrons. The average molecular weight is 229 g/mol. The van der Waals surface area contributed by atoms with Gasteiger partial charge < -0.3 is 0 Å². The Morgan fingerprint density at radius 3 is 2.18 bits per heavy atom. The second kappa shape index (κ2) is 4.34. The van der Waals surface area contributed by atoms with Crippen molar-refractivity contribution in [2.24, 2.45) is 0 Å². The van der Waals surface area contributed by atoms with E-state index in [1.165, 1.54) is 0 Å². The zero-order valence-electron chi connectivity index (χ0n) is 9.17. The minimum Gasteiger partial charge on any atom is -0.204 e. The number of halogens is 2. The molecule has 0 aliphatic rings. The Morgan fingerprint density at radius 2 is 1.59 bits per heavy atom. The quantitative estimate of drug-likeness (QED) is 0.729. The van der Waals surface area contributed by atoms with E-state index in [1.54, 1.807) is 12.1 Å². The third kappa shape index (κ3) is 2.16. The van der Waals surface area contributed by atoms with Crippen LogP contribution in [0.2, 0.25) is 0 Å². The van der Waals surface area contributed by atoms with Crippen LogP contribution in [0.1, 0.15) is 11.1 Å². The smallest absolute Gasteiger partial charge is 0.160 e. The molecule has 0 saturated carbocycles. The molecule has 3 heteroatoms. The molecular formula is C14H9F2N. The summed E-state index contributed by atoms with van der Waals surface area (Å²) in [5, 5.41) is 8.91. The lowest BCUT2D eigenvalue weighted by Crippen LogP contribution is -1.91. The summed E-state index contributed by atoms with van der Waals surface area (Å²) >= 11 is 0. The van der Waals surface area contributed by atoms with Crippen LogP contribution < -0.4 is 0 Å². The van der Waals surface area contributed by atoms with E-state index in [4.69, 9.17) is 5.26 Å². The maximum Gasteiger partial charge on any atom is 0.160 e. The summed E-state index contributed by atoms with van der Waals surface area (Å²) < 4.78 is 26.2. The summed E-state index contributed by atoms with van der Waals surface area (Å²) in [6.45, 7) is 1.93. The van der Waals surface area contributed by atoms with Crippen LogP contribution in [-0.4, -0.2) is 0 Å². The van der Waals surface area contributed by atoms with Gasteiger partial charge in [0.2, 0.25) is 0 Å². The van der Waals surface area contributed by atoms with Gasteiger partial charge in [-0.15, -0.1) is 0 Å². The fraction of sp³-hybridized carbons (Fsp3) is 0.0714. The van der Waals surface area contributed by atoms with Crippen molar-refractivity contribution >= 4 is 0 Å². The number of hydrogen-bond acceptors (Lipinski definition) is 1. The number of nitriles is 1. The molecule has 0 aromatic heterocycles. The van der Waals surface area contributed by atoms with Crippen LogP contribution in [0.3, 0.4) is 0 Å². The van der Waals surface area contributed by atoms with Crippen molar-refractivity contribution in [2.45, 2.75) is 6.92 Å². The average Bonchev–Trinajstić information content (AvgIpc) is 2.33. The predicted molar refractivity (Wildman–Crippen MR) is 61.2 cm³/mol. The zero-order chi connectivity index (χ0) is 12.4. The highest BCUT2D eigenvalue weighted by Gasteiger charge is 2.10. The van der Waals surface area contributed by atoms with E-state index in [0.29, 0.717) is 11.1 Å². The van der Waals surface area contributed by atoms with Gasteiger partial charge in [0.25, 0.3) is 0 Å². The number of rotatable bonds is 1. The SMILES string of the molecule is Cc1ccc(-c2cc(F)c(F)cc2C#N)cc1. The van der Waals surface area contributed by atoms with Gasteiger partial charge in [-0.1, -0.05) is 29.8 Å². The Labute approximate surface area is 97.9 Å². The second-order valence-electron chi connectivity index (χ2n) is 3.79. The van der Waals surface area contributed by atoms with E-state index in [0.717, 1.165) is 17.7 Å². The van der Waals surface area contributed by atoms with E-state index in [9.17, 15) is 8.78 Å². The van der Waals surface area contributed by atoms with Crippen molar-refractivity contribution in [1.29, 1.82) is 5.26 Å². The standard InChI is InChI=1S/C14H9F2N/c1-9-2-4-10(5-3-9)12-7-14(16)13(15)6-11(12)8-17/h2-7H,1H3. The Hall–Kier alpha value is -2.21. The minimum atomic E-state index is -1.00. The molecule has 0 radical (unpaired) electrons. The summed E-state index contributed by atoms with van der Waals surface area (Å²) in [6, 6.07) is 11.1. The van der Waals surface area contributed by atoms with E-state index >= 15 is 0 Å². The molecule has 0 bridgehead atoms. The summed E-state index contributed by atoms with van der Waals surface area (Å²) in [4.78, 5) is 0. The van der Waals surface area contributed by atoms with Gasteiger partial charge in [0, 0.05) is 5.56 Å². The molecule has 0 saturated heterocycles. The molecule has 1 nitrogen and oxygen atoms in total. The molecule has 0 aliphatic heterocycles. The molecule has 0 amide bonds. The molecule has 0 N–H and O–H groups in total. The molecule has 0 heterocycles. The van der Waals surface area contributed by atoms with E-state index < -0.39 is 11.6 Å². The Balaban J connectivity index is 2.63. The van der Waals surface area contributed by atoms with Crippen LogP contribution in [0.5, 0.6) is 0 Å². The monoisotopic (exact) mass is 229 g/mol. The first-order valence-corrected chi connectivity index (χ1v) is 5.08. The minimum absolute atomic E-state index is 0.132. The van der Waals surface area contributed by atoms with Crippen LogP contribution in [-0.2, 0) is 0 Å². The van der Waals surface area contributed by atoms with Crippen molar-refractivity contribution in [3.63, 3.8) is 0 Å². The number of benzene rings is 2. The first kappa shape index (κ1) is 11.3. The molecule has 2 aromatic carbocycles. The highest BCUT2D eigenvalue weighted by molar-refractivity contribution is 5.70. The zero-order valence-corrected chi connectivity index (χ0v) is 9.17. The normalized spacial score (nSPS) is 10.0. The Bertz CT molecular complexity index is 595. The van der Waals surface area contributed by atoms with Crippen molar-refractivity contribution in [3.05, 3.63) is 59.2 Å². The maximum absolute atomic E-state index is 13.2. The summed E-state index contributed by atoms with van der Waals surface area (Å²) in [7, 11) is 0. The fourth-order valence-electron chi connectivity index (χ4n) is 1.61. The van der Waals surface area contributed by atoms with Crippen molar-refractivity contribution < 1.29 is 8.78 Å². The van der Waals surface area contributed by atoms with E-state index in [1.807, 2.05) is 25.1 Å². The van der Waals surface area contributed by atoms with Crippen molar-refractivity contribution in [3.8, 4) is 17.2 Å². The highest BCUT2D eigenvalue weighted by Crippen LogP contribution is 2.26. The molecule has 0 spiro atoms. The molecule has 0 fully saturated rings. The van der Waals surface area contributed by atoms with E-state index in [2.05, 4.69) is 0 Å². The van der Waals surface area contributed by atoms with Gasteiger partial charge in [0.1, 0.15) is 0 Å². The van der Waals surface area contributed by atoms with Crippen molar-refractivity contribution in [2.75, 3.05) is 0 Å². The van der Waals surface area contributed by atoms with Crippen LogP contribution in [0.15, 0.2) is 36.4 Å². The predicted octanol–water partition coefficient (Wildman–Crippen LogP) is 3.81. The summed E-state index contributed by atoms with van der Waals surface area (Å²) in [5.74, 6) is -1.95. The lowest BCUT2D eigenvalue weighted by Gasteiger charge is -2.05. The van der Waals surface area contributed by atoms with Gasteiger partial charge in [-0.05, 0) is 24.6 Å². The number of nitrogens with zero attached hydrogens (tertiary/aromatic N) is 1. The summed E-state index contributed by atoms with van der Waals surface area (Å²) in [5.41, 5.74) is 2.31. The molecule has 0 aliphatic carbocycles. The first-order chi connectivity index (χ1) is 8.11. The molecular weight excluding hydrogens is 220 g/mol. The third-order valence-corrected chi connectivity index (χ3v) is 2.54. The first-order valence-electron chi connectivity index (χ1n) is 5.08. The largest absolute Gasteiger partial charge is 0.204 e. The van der Waals surface area contributed by atoms with E-state index in [-0.39, 0.29) is 5.56 Å². The van der Waals surface area contributed by atoms with Gasteiger partial charge in [0.15, 0.2) is 11.6 Å². The molecule has 0 unspecified atom stereocenters. The third-order valence-electron chi connectivity index (χ3n) is 2.54. The summed E-state index contributed by atoms with van der Waals surface area (Å²) in [6.07, 6.45) is 0. The topological polar surface area (TPSA) is 23.8 Å². The van der Waals surface area contributed by atoms with Gasteiger partial charge in [-0.2, -0.15) is 5.26 Å². The lowest BCUT2D eigenvalue weighted by atomic mass is 9.99. The fourth-order valence-corrected chi connectivity index (χ4v) is 1.61. The van der Waals surface area contributed by atoms with Gasteiger partial charge in [-0.25, -0.2) is 8.78 Å². The van der Waals surface area contributed by atoms with Crippen LogP contribution in [0, 0.1) is 29.9 Å². The Kier molecular flexibility index (Phi) is 2.88. The van der Waals surface area contributed by atoms with Crippen LogP contribution in [0.4, 0.5) is 8.78 Å². The second-order valence-corrected chi connectivity index (χ2v) is 3.79. The molecule has 17 heavy (non-hydrogen) atoms. The number of aryl methyl sites for hydroxylation is 1. The van der Waals surface area contributed by atoms with Crippen LogP contribution in [0.25, 0.3) is 11.1 Å². The van der Waals surface area contributed by atoms with Crippen molar-refractivity contribution in [1.82, 2.24) is 0 Å². The molecule has 2 rings (SSSR count). The van der Waals surface area contributed by atoms with Gasteiger partial charge >= 0.3 is 0 Å². The lowest BCUT2D eigenvalue weighted by molar-refractivity contribution is 0.508. The number of hydrogen-bond donors (Lipinski definition) is 0.